The Morgan fingerprint density at radius 3 is 2.75 bits per heavy atom. The van der Waals surface area contributed by atoms with Crippen LogP contribution in [0.25, 0.3) is 0 Å². The molecule has 5 heteroatoms. The number of hydrogen-bond donors (Lipinski definition) is 3. The van der Waals surface area contributed by atoms with E-state index in [1.807, 2.05) is 6.92 Å². The molecule has 1 aliphatic rings. The van der Waals surface area contributed by atoms with E-state index in [4.69, 9.17) is 5.11 Å². The van der Waals surface area contributed by atoms with Crippen molar-refractivity contribution in [2.45, 2.75) is 26.2 Å². The first kappa shape index (κ1) is 13.0. The third-order valence-corrected chi connectivity index (χ3v) is 3.04. The zero-order chi connectivity index (χ0) is 12.0. The monoisotopic (exact) mass is 228 g/mol. The summed E-state index contributed by atoms with van der Waals surface area (Å²) in [7, 11) is 0. The highest BCUT2D eigenvalue weighted by atomic mass is 16.4. The first-order valence-electron chi connectivity index (χ1n) is 5.85. The summed E-state index contributed by atoms with van der Waals surface area (Å²) in [6.45, 7) is 3.39. The fraction of sp³-hybridized carbons (Fsp3) is 0.818. The molecule has 16 heavy (non-hydrogen) atoms. The molecule has 0 saturated heterocycles. The number of hydrogen-bond acceptors (Lipinski definition) is 3. The lowest BCUT2D eigenvalue weighted by Crippen LogP contribution is -2.37. The molecule has 1 rings (SSSR count). The van der Waals surface area contributed by atoms with Crippen molar-refractivity contribution in [1.29, 1.82) is 0 Å². The van der Waals surface area contributed by atoms with E-state index >= 15 is 0 Å². The highest BCUT2D eigenvalue weighted by molar-refractivity contribution is 5.77. The minimum Gasteiger partial charge on any atom is -0.481 e. The van der Waals surface area contributed by atoms with Gasteiger partial charge in [0.15, 0.2) is 0 Å². The first-order valence-corrected chi connectivity index (χ1v) is 5.85. The summed E-state index contributed by atoms with van der Waals surface area (Å²) in [5, 5.41) is 14.7. The number of rotatable bonds is 6. The maximum Gasteiger partial charge on any atom is 0.306 e. The van der Waals surface area contributed by atoms with Crippen LogP contribution in [0.3, 0.4) is 0 Å². The summed E-state index contributed by atoms with van der Waals surface area (Å²) in [6.07, 6.45) is 2.69. The van der Waals surface area contributed by atoms with E-state index in [2.05, 4.69) is 10.6 Å². The molecule has 0 aromatic heterocycles. The molecule has 92 valence electrons. The van der Waals surface area contributed by atoms with Gasteiger partial charge in [-0.2, -0.15) is 0 Å². The zero-order valence-electron chi connectivity index (χ0n) is 9.66. The normalized spacial score (nSPS) is 24.3. The van der Waals surface area contributed by atoms with Gasteiger partial charge in [-0.15, -0.1) is 0 Å². The Kier molecular flexibility index (Phi) is 5.25. The van der Waals surface area contributed by atoms with Gasteiger partial charge < -0.3 is 15.7 Å². The van der Waals surface area contributed by atoms with Gasteiger partial charge in [0.2, 0.25) is 5.91 Å². The molecule has 3 N–H and O–H groups in total. The number of carboxylic acid groups (broad SMARTS) is 1. The molecule has 1 fully saturated rings. The molecule has 0 aromatic rings. The molecule has 0 heterocycles. The van der Waals surface area contributed by atoms with Crippen molar-refractivity contribution in [2.75, 3.05) is 19.6 Å². The summed E-state index contributed by atoms with van der Waals surface area (Å²) in [5.41, 5.74) is 0. The highest BCUT2D eigenvalue weighted by Gasteiger charge is 2.32. The molecule has 2 unspecified atom stereocenters. The molecule has 0 radical (unpaired) electrons. The van der Waals surface area contributed by atoms with Crippen molar-refractivity contribution >= 4 is 11.9 Å². The Bertz CT molecular complexity index is 256. The smallest absolute Gasteiger partial charge is 0.306 e. The summed E-state index contributed by atoms with van der Waals surface area (Å²) < 4.78 is 0. The van der Waals surface area contributed by atoms with Crippen LogP contribution in [-0.2, 0) is 9.59 Å². The molecule has 2 atom stereocenters. The predicted octanol–water partition coefficient (Wildman–Crippen LogP) is 0.213. The zero-order valence-corrected chi connectivity index (χ0v) is 9.66. The lowest BCUT2D eigenvalue weighted by molar-refractivity contribution is -0.142. The molecule has 0 aromatic carbocycles. The van der Waals surface area contributed by atoms with Crippen LogP contribution in [-0.4, -0.2) is 36.6 Å². The maximum absolute atomic E-state index is 11.1. The summed E-state index contributed by atoms with van der Waals surface area (Å²) >= 11 is 0. The molecule has 0 bridgehead atoms. The second kappa shape index (κ2) is 6.48. The minimum absolute atomic E-state index is 0.0348. The van der Waals surface area contributed by atoms with Gasteiger partial charge in [0.1, 0.15) is 0 Å². The van der Waals surface area contributed by atoms with E-state index in [1.165, 1.54) is 0 Å². The molecule has 5 nitrogen and oxygen atoms in total. The second-order valence-electron chi connectivity index (χ2n) is 4.22. The molecule has 1 aliphatic carbocycles. The van der Waals surface area contributed by atoms with Gasteiger partial charge in [0.05, 0.1) is 12.5 Å². The average Bonchev–Trinajstić information content (AvgIpc) is 2.66. The van der Waals surface area contributed by atoms with Crippen molar-refractivity contribution in [1.82, 2.24) is 10.6 Å². The van der Waals surface area contributed by atoms with Crippen LogP contribution in [0.2, 0.25) is 0 Å². The van der Waals surface area contributed by atoms with E-state index < -0.39 is 5.97 Å². The van der Waals surface area contributed by atoms with E-state index in [9.17, 15) is 9.59 Å². The van der Waals surface area contributed by atoms with E-state index in [0.717, 1.165) is 19.3 Å². The molecular formula is C11H20N2O3. The first-order chi connectivity index (χ1) is 7.65. The van der Waals surface area contributed by atoms with Crippen LogP contribution in [0.5, 0.6) is 0 Å². The summed E-state index contributed by atoms with van der Waals surface area (Å²) in [4.78, 5) is 22.0. The lowest BCUT2D eigenvalue weighted by atomic mass is 9.96. The predicted molar refractivity (Wildman–Crippen MR) is 60.0 cm³/mol. The number of likely N-dealkylation sites (N-methyl/N-ethyl adjacent to an activating group) is 1. The number of nitrogens with one attached hydrogen (secondary N) is 2. The molecule has 0 aliphatic heterocycles. The SMILES string of the molecule is CCNC(=O)CNCC1CCCC1C(=O)O. The molecular weight excluding hydrogens is 208 g/mol. The number of carboxylic acids is 1. The highest BCUT2D eigenvalue weighted by Crippen LogP contribution is 2.31. The summed E-state index contributed by atoms with van der Waals surface area (Å²) in [5.74, 6) is -0.802. The Morgan fingerprint density at radius 1 is 1.38 bits per heavy atom. The largest absolute Gasteiger partial charge is 0.481 e. The third kappa shape index (κ3) is 3.81. The lowest BCUT2D eigenvalue weighted by Gasteiger charge is -2.16. The molecule has 1 saturated carbocycles. The second-order valence-corrected chi connectivity index (χ2v) is 4.22. The van der Waals surface area contributed by atoms with Gasteiger partial charge in [-0.3, -0.25) is 9.59 Å². The topological polar surface area (TPSA) is 78.4 Å². The maximum atomic E-state index is 11.1. The van der Waals surface area contributed by atoms with Gasteiger partial charge >= 0.3 is 5.97 Å². The quantitative estimate of drug-likeness (QED) is 0.607. The Balaban J connectivity index is 2.22. The van der Waals surface area contributed by atoms with Crippen LogP contribution in [0.1, 0.15) is 26.2 Å². The Labute approximate surface area is 95.6 Å². The third-order valence-electron chi connectivity index (χ3n) is 3.04. The van der Waals surface area contributed by atoms with Crippen LogP contribution in [0, 0.1) is 11.8 Å². The van der Waals surface area contributed by atoms with E-state index in [1.54, 1.807) is 0 Å². The number of amides is 1. The van der Waals surface area contributed by atoms with Crippen molar-refractivity contribution in [3.63, 3.8) is 0 Å². The van der Waals surface area contributed by atoms with Gasteiger partial charge in [-0.25, -0.2) is 0 Å². The molecule has 0 spiro atoms. The average molecular weight is 228 g/mol. The Morgan fingerprint density at radius 2 is 2.12 bits per heavy atom. The summed E-state index contributed by atoms with van der Waals surface area (Å²) in [6, 6.07) is 0. The standard InChI is InChI=1S/C11H20N2O3/c1-2-13-10(14)7-12-6-8-4-3-5-9(8)11(15)16/h8-9,12H,2-7H2,1H3,(H,13,14)(H,15,16). The minimum atomic E-state index is -0.706. The van der Waals surface area contributed by atoms with Gasteiger partial charge in [-0.1, -0.05) is 6.42 Å². The fourth-order valence-corrected chi connectivity index (χ4v) is 2.24. The van der Waals surface area contributed by atoms with Gasteiger partial charge in [0.25, 0.3) is 0 Å². The van der Waals surface area contributed by atoms with Crippen LogP contribution in [0.4, 0.5) is 0 Å². The van der Waals surface area contributed by atoms with Crippen molar-refractivity contribution in [3.8, 4) is 0 Å². The van der Waals surface area contributed by atoms with E-state index in [0.29, 0.717) is 13.1 Å². The number of carbonyl (C=O) groups is 2. The van der Waals surface area contributed by atoms with Crippen LogP contribution >= 0.6 is 0 Å². The van der Waals surface area contributed by atoms with Crippen molar-refractivity contribution < 1.29 is 14.7 Å². The van der Waals surface area contributed by atoms with E-state index in [-0.39, 0.29) is 24.3 Å². The Hall–Kier alpha value is -1.10. The molecule has 1 amide bonds. The number of aliphatic carboxylic acids is 1. The van der Waals surface area contributed by atoms with Crippen LogP contribution < -0.4 is 10.6 Å². The van der Waals surface area contributed by atoms with Crippen LogP contribution in [0.15, 0.2) is 0 Å². The fourth-order valence-electron chi connectivity index (χ4n) is 2.24. The van der Waals surface area contributed by atoms with Crippen molar-refractivity contribution in [3.05, 3.63) is 0 Å². The van der Waals surface area contributed by atoms with Crippen molar-refractivity contribution in [2.24, 2.45) is 11.8 Å². The number of carbonyl (C=O) groups excluding carboxylic acids is 1. The van der Waals surface area contributed by atoms with Gasteiger partial charge in [0, 0.05) is 6.54 Å². The van der Waals surface area contributed by atoms with Gasteiger partial charge in [-0.05, 0) is 32.2 Å².